The molecule has 212 valence electrons. The van der Waals surface area contributed by atoms with E-state index in [-0.39, 0.29) is 23.6 Å². The molecule has 5 aromatic rings. The number of anilines is 1. The van der Waals surface area contributed by atoms with Crippen LogP contribution in [0.15, 0.2) is 72.9 Å². The lowest BCUT2D eigenvalue weighted by Gasteiger charge is -2.38. The number of aryl methyl sites for hydroxylation is 2. The van der Waals surface area contributed by atoms with Crippen LogP contribution in [-0.4, -0.2) is 59.6 Å². The number of carbonyl (C=O) groups excluding carboxylic acids is 2. The van der Waals surface area contributed by atoms with Gasteiger partial charge >= 0.3 is 0 Å². The van der Waals surface area contributed by atoms with Crippen LogP contribution in [0.4, 0.5) is 5.69 Å². The first-order valence-corrected chi connectivity index (χ1v) is 14.1. The van der Waals surface area contributed by atoms with Crippen molar-refractivity contribution in [3.8, 4) is 16.9 Å². The second-order valence-corrected chi connectivity index (χ2v) is 11.1. The molecule has 0 spiro atoms. The van der Waals surface area contributed by atoms with Gasteiger partial charge in [-0.2, -0.15) is 0 Å². The van der Waals surface area contributed by atoms with Crippen molar-refractivity contribution in [2.24, 2.45) is 5.92 Å². The number of amides is 2. The van der Waals surface area contributed by atoms with Gasteiger partial charge < -0.3 is 10.2 Å². The second-order valence-electron chi connectivity index (χ2n) is 10.2. The number of benzene rings is 3. The van der Waals surface area contributed by atoms with Crippen LogP contribution in [0, 0.1) is 19.8 Å². The monoisotopic (exact) mass is 600 g/mol. The number of likely N-dealkylation sites (tertiary alicyclic amines) is 1. The summed E-state index contributed by atoms with van der Waals surface area (Å²) < 4.78 is 3.29. The third-order valence-electron chi connectivity index (χ3n) is 7.13. The van der Waals surface area contributed by atoms with Crippen molar-refractivity contribution in [1.82, 2.24) is 34.7 Å². The van der Waals surface area contributed by atoms with E-state index in [9.17, 15) is 9.59 Å². The molecule has 1 aliphatic heterocycles. The number of halogens is 2. The van der Waals surface area contributed by atoms with Crippen molar-refractivity contribution in [2.45, 2.75) is 20.4 Å². The molecular formula is C30H26Cl2N8O2. The molecular weight excluding hydrogens is 575 g/mol. The Morgan fingerprint density at radius 3 is 2.57 bits per heavy atom. The maximum absolute atomic E-state index is 13.1. The molecule has 0 saturated carbocycles. The lowest BCUT2D eigenvalue weighted by atomic mass is 10.00. The number of rotatable bonds is 7. The first kappa shape index (κ1) is 27.6. The Kier molecular flexibility index (Phi) is 7.49. The van der Waals surface area contributed by atoms with Gasteiger partial charge in [-0.1, -0.05) is 58.7 Å². The predicted molar refractivity (Wildman–Crippen MR) is 160 cm³/mol. The molecule has 3 heterocycles. The van der Waals surface area contributed by atoms with Gasteiger partial charge in [-0.15, -0.1) is 10.2 Å². The maximum atomic E-state index is 13.1. The highest BCUT2D eigenvalue weighted by Gasteiger charge is 2.34. The van der Waals surface area contributed by atoms with Crippen molar-refractivity contribution in [2.75, 3.05) is 18.4 Å². The average molecular weight is 601 g/mol. The molecule has 0 unspecified atom stereocenters. The summed E-state index contributed by atoms with van der Waals surface area (Å²) in [5, 5.41) is 16.9. The lowest BCUT2D eigenvalue weighted by Crippen LogP contribution is -2.51. The Morgan fingerprint density at radius 1 is 1.00 bits per heavy atom. The summed E-state index contributed by atoms with van der Waals surface area (Å²) in [5.74, 6) is 0.422. The molecule has 10 nitrogen and oxygen atoms in total. The van der Waals surface area contributed by atoms with E-state index in [4.69, 9.17) is 23.2 Å². The van der Waals surface area contributed by atoms with Crippen LogP contribution in [0.25, 0.3) is 16.9 Å². The van der Waals surface area contributed by atoms with Gasteiger partial charge in [-0.3, -0.25) is 14.3 Å². The zero-order chi connectivity index (χ0) is 29.4. The van der Waals surface area contributed by atoms with Crippen LogP contribution in [0.1, 0.15) is 32.4 Å². The molecule has 12 heteroatoms. The zero-order valence-corrected chi connectivity index (χ0v) is 24.3. The number of para-hydroxylation sites is 1. The van der Waals surface area contributed by atoms with Crippen LogP contribution in [0.5, 0.6) is 0 Å². The first-order valence-electron chi connectivity index (χ1n) is 13.3. The minimum Gasteiger partial charge on any atom is -0.335 e. The van der Waals surface area contributed by atoms with Crippen molar-refractivity contribution >= 4 is 40.7 Å². The van der Waals surface area contributed by atoms with Crippen molar-refractivity contribution in [3.63, 3.8) is 0 Å². The fraction of sp³-hybridized carbons (Fsp3) is 0.200. The van der Waals surface area contributed by atoms with E-state index in [0.29, 0.717) is 52.4 Å². The summed E-state index contributed by atoms with van der Waals surface area (Å²) in [6.07, 6.45) is 1.86. The Bertz CT molecular complexity index is 1790. The molecule has 1 saturated heterocycles. The van der Waals surface area contributed by atoms with Crippen LogP contribution < -0.4 is 5.32 Å². The number of hydrogen-bond donors (Lipinski definition) is 1. The van der Waals surface area contributed by atoms with Crippen molar-refractivity contribution in [3.05, 3.63) is 106 Å². The summed E-state index contributed by atoms with van der Waals surface area (Å²) in [6, 6.07) is 20.1. The molecule has 2 aromatic heterocycles. The highest BCUT2D eigenvalue weighted by molar-refractivity contribution is 6.34. The van der Waals surface area contributed by atoms with Crippen LogP contribution in [0.3, 0.4) is 0 Å². The summed E-state index contributed by atoms with van der Waals surface area (Å²) in [5.41, 5.74) is 4.20. The van der Waals surface area contributed by atoms with Crippen molar-refractivity contribution < 1.29 is 9.59 Å². The van der Waals surface area contributed by atoms with Crippen LogP contribution in [0.2, 0.25) is 10.0 Å². The largest absolute Gasteiger partial charge is 0.335 e. The molecule has 2 amide bonds. The molecule has 1 N–H and O–H groups in total. The van der Waals surface area contributed by atoms with E-state index in [1.807, 2.05) is 61.7 Å². The molecule has 42 heavy (non-hydrogen) atoms. The van der Waals surface area contributed by atoms with E-state index in [1.165, 1.54) is 4.68 Å². The molecule has 3 aromatic carbocycles. The minimum atomic E-state index is -0.244. The molecule has 0 radical (unpaired) electrons. The number of aromatic nitrogens is 6. The number of hydrogen-bond acceptors (Lipinski definition) is 6. The topological polar surface area (TPSA) is 111 Å². The maximum Gasteiger partial charge on any atom is 0.293 e. The normalized spacial score (nSPS) is 13.2. The molecule has 1 fully saturated rings. The predicted octanol–water partition coefficient (Wildman–Crippen LogP) is 5.47. The smallest absolute Gasteiger partial charge is 0.293 e. The molecule has 1 aliphatic rings. The van der Waals surface area contributed by atoms with Crippen molar-refractivity contribution in [1.29, 1.82) is 0 Å². The zero-order valence-electron chi connectivity index (χ0n) is 22.8. The highest BCUT2D eigenvalue weighted by atomic mass is 35.5. The van der Waals surface area contributed by atoms with Crippen LogP contribution in [-0.2, 0) is 6.54 Å². The lowest BCUT2D eigenvalue weighted by molar-refractivity contribution is 0.0448. The fourth-order valence-corrected chi connectivity index (χ4v) is 5.24. The van der Waals surface area contributed by atoms with Gasteiger partial charge in [0.25, 0.3) is 11.8 Å². The van der Waals surface area contributed by atoms with Gasteiger partial charge in [0.2, 0.25) is 5.82 Å². The molecule has 0 aliphatic carbocycles. The SMILES string of the molecule is Cc1ccc(-c2cn(CC3CN(C(=O)c4nc(C)n(-c5cc(Cl)ccc5Cl)n4)C3)nn2)cc1C(=O)Nc1ccccc1. The van der Waals surface area contributed by atoms with Gasteiger partial charge in [-0.05, 0) is 55.8 Å². The number of carbonyl (C=O) groups is 2. The average Bonchev–Trinajstić information content (AvgIpc) is 3.59. The summed E-state index contributed by atoms with van der Waals surface area (Å²) in [6.45, 7) is 5.36. The van der Waals surface area contributed by atoms with E-state index >= 15 is 0 Å². The molecule has 0 bridgehead atoms. The van der Waals surface area contributed by atoms with Gasteiger partial charge in [-0.25, -0.2) is 9.67 Å². The molecule has 6 rings (SSSR count). The van der Waals surface area contributed by atoms with Gasteiger partial charge in [0.15, 0.2) is 0 Å². The fourth-order valence-electron chi connectivity index (χ4n) is 4.88. The van der Waals surface area contributed by atoms with Gasteiger partial charge in [0, 0.05) is 47.4 Å². The van der Waals surface area contributed by atoms with E-state index < -0.39 is 0 Å². The van der Waals surface area contributed by atoms with E-state index in [1.54, 1.807) is 34.7 Å². The Morgan fingerprint density at radius 2 is 1.79 bits per heavy atom. The minimum absolute atomic E-state index is 0.108. The second kappa shape index (κ2) is 11.4. The third-order valence-corrected chi connectivity index (χ3v) is 7.69. The molecule has 0 atom stereocenters. The Labute approximate surface area is 251 Å². The van der Waals surface area contributed by atoms with Gasteiger partial charge in [0.1, 0.15) is 11.5 Å². The summed E-state index contributed by atoms with van der Waals surface area (Å²) in [4.78, 5) is 32.0. The van der Waals surface area contributed by atoms with Gasteiger partial charge in [0.05, 0.1) is 16.9 Å². The van der Waals surface area contributed by atoms with E-state index in [2.05, 4.69) is 25.7 Å². The standard InChI is InChI=1S/C30H26Cl2N8O2/c1-18-8-9-21(12-24(18)29(41)34-23-6-4-3-5-7-23)26-17-39(37-35-26)16-20-14-38(15-20)30(42)28-33-19(2)40(36-28)27-13-22(31)10-11-25(27)32/h3-13,17,20H,14-16H2,1-2H3,(H,34,41). The first-order chi connectivity index (χ1) is 20.2. The number of nitrogens with one attached hydrogen (secondary N) is 1. The Hall–Kier alpha value is -4.54. The summed E-state index contributed by atoms with van der Waals surface area (Å²) in [7, 11) is 0. The summed E-state index contributed by atoms with van der Waals surface area (Å²) >= 11 is 12.4. The Balaban J connectivity index is 1.08. The van der Waals surface area contributed by atoms with Crippen LogP contribution >= 0.6 is 23.2 Å². The third kappa shape index (κ3) is 5.63. The number of nitrogens with zero attached hydrogens (tertiary/aromatic N) is 7. The quantitative estimate of drug-likeness (QED) is 0.265. The van der Waals surface area contributed by atoms with E-state index in [0.717, 1.165) is 16.8 Å². The highest BCUT2D eigenvalue weighted by Crippen LogP contribution is 2.26.